The van der Waals surface area contributed by atoms with Gasteiger partial charge in [0, 0.05) is 43.6 Å². The van der Waals surface area contributed by atoms with E-state index in [0.29, 0.717) is 12.6 Å². The van der Waals surface area contributed by atoms with Gasteiger partial charge in [-0.3, -0.25) is 14.7 Å². The molecule has 2 aliphatic rings. The number of likely N-dealkylation sites (tertiary alicyclic amines) is 1. The summed E-state index contributed by atoms with van der Waals surface area (Å²) >= 11 is 0. The van der Waals surface area contributed by atoms with Crippen LogP contribution in [0.2, 0.25) is 0 Å². The number of hydrogen-bond acceptors (Lipinski definition) is 6. The average Bonchev–Trinajstić information content (AvgIpc) is 2.83. The molecule has 2 saturated heterocycles. The molecule has 0 aliphatic carbocycles. The maximum Gasteiger partial charge on any atom is 0.224 e. The Kier molecular flexibility index (Phi) is 7.12. The van der Waals surface area contributed by atoms with Crippen LogP contribution in [-0.4, -0.2) is 58.0 Å². The van der Waals surface area contributed by atoms with Gasteiger partial charge >= 0.3 is 0 Å². The molecule has 1 unspecified atom stereocenters. The molecule has 2 fully saturated rings. The lowest BCUT2D eigenvalue weighted by Crippen LogP contribution is -2.51. The molecule has 0 saturated carbocycles. The van der Waals surface area contributed by atoms with Crippen LogP contribution in [0, 0.1) is 12.8 Å². The Morgan fingerprint density at radius 3 is 2.71 bits per heavy atom. The minimum Gasteiger partial charge on any atom is -0.356 e. The van der Waals surface area contributed by atoms with E-state index >= 15 is 0 Å². The van der Waals surface area contributed by atoms with E-state index in [1.165, 1.54) is 0 Å². The summed E-state index contributed by atoms with van der Waals surface area (Å²) in [4.78, 5) is 31.2. The summed E-state index contributed by atoms with van der Waals surface area (Å²) in [5.74, 6) is 2.16. The molecule has 0 bridgehead atoms. The summed E-state index contributed by atoms with van der Waals surface area (Å²) in [6.45, 7) is 8.60. The highest BCUT2D eigenvalue weighted by molar-refractivity contribution is 5.78. The summed E-state index contributed by atoms with van der Waals surface area (Å²) in [6, 6.07) is 8.48. The molecule has 0 spiro atoms. The first-order valence-electron chi connectivity index (χ1n) is 11.6. The van der Waals surface area contributed by atoms with Crippen molar-refractivity contribution in [3.63, 3.8) is 0 Å². The predicted octanol–water partition coefficient (Wildman–Crippen LogP) is 2.74. The van der Waals surface area contributed by atoms with Crippen LogP contribution in [0.5, 0.6) is 0 Å². The van der Waals surface area contributed by atoms with Gasteiger partial charge in [0.2, 0.25) is 5.91 Å². The Labute approximate surface area is 185 Å². The van der Waals surface area contributed by atoms with Crippen molar-refractivity contribution in [2.24, 2.45) is 5.92 Å². The van der Waals surface area contributed by atoms with Crippen LogP contribution in [0.25, 0.3) is 0 Å². The number of aryl methyl sites for hydroxylation is 2. The summed E-state index contributed by atoms with van der Waals surface area (Å²) < 4.78 is 0. The van der Waals surface area contributed by atoms with E-state index in [-0.39, 0.29) is 11.8 Å². The number of hydrogen-bond donors (Lipinski definition) is 1. The third kappa shape index (κ3) is 5.58. The maximum absolute atomic E-state index is 12.7. The maximum atomic E-state index is 12.7. The van der Waals surface area contributed by atoms with Gasteiger partial charge in [0.1, 0.15) is 11.6 Å². The van der Waals surface area contributed by atoms with Crippen molar-refractivity contribution in [2.75, 3.05) is 31.1 Å². The lowest BCUT2D eigenvalue weighted by atomic mass is 9.93. The van der Waals surface area contributed by atoms with Gasteiger partial charge in [-0.25, -0.2) is 9.97 Å². The van der Waals surface area contributed by atoms with Crippen LogP contribution in [0.3, 0.4) is 0 Å². The first-order chi connectivity index (χ1) is 15.1. The standard InChI is InChI=1S/C24H34N6O/c1-3-20-15-23(28-18(2)27-20)29-13-9-22(10-14-29)30-12-6-7-19(17-30)24(31)26-16-21-8-4-5-11-25-21/h4-5,8,11,15,19,22H,3,6-7,9-10,12-14,16-17H2,1-2H3,(H,26,31). The Morgan fingerprint density at radius 2 is 1.97 bits per heavy atom. The molecular formula is C24H34N6O. The molecule has 7 nitrogen and oxygen atoms in total. The summed E-state index contributed by atoms with van der Waals surface area (Å²) in [5.41, 5.74) is 2.02. The van der Waals surface area contributed by atoms with Crippen LogP contribution in [0.1, 0.15) is 49.8 Å². The van der Waals surface area contributed by atoms with Crippen LogP contribution < -0.4 is 10.2 Å². The first-order valence-corrected chi connectivity index (χ1v) is 11.6. The van der Waals surface area contributed by atoms with Gasteiger partial charge in [-0.1, -0.05) is 13.0 Å². The van der Waals surface area contributed by atoms with Gasteiger partial charge in [0.15, 0.2) is 0 Å². The van der Waals surface area contributed by atoms with E-state index < -0.39 is 0 Å². The second-order valence-corrected chi connectivity index (χ2v) is 8.71. The Morgan fingerprint density at radius 1 is 1.13 bits per heavy atom. The van der Waals surface area contributed by atoms with Gasteiger partial charge in [-0.2, -0.15) is 0 Å². The second kappa shape index (κ2) is 10.2. The largest absolute Gasteiger partial charge is 0.356 e. The summed E-state index contributed by atoms with van der Waals surface area (Å²) in [7, 11) is 0. The molecule has 1 atom stereocenters. The Balaban J connectivity index is 1.28. The molecule has 7 heteroatoms. The zero-order chi connectivity index (χ0) is 21.6. The quantitative estimate of drug-likeness (QED) is 0.772. The van der Waals surface area contributed by atoms with Crippen molar-refractivity contribution in [2.45, 2.75) is 58.5 Å². The fourth-order valence-corrected chi connectivity index (χ4v) is 4.79. The number of rotatable bonds is 6. The topological polar surface area (TPSA) is 74.2 Å². The van der Waals surface area contributed by atoms with E-state index in [4.69, 9.17) is 0 Å². The van der Waals surface area contributed by atoms with Gasteiger partial charge in [-0.15, -0.1) is 0 Å². The monoisotopic (exact) mass is 422 g/mol. The van der Waals surface area contributed by atoms with Crippen molar-refractivity contribution in [1.29, 1.82) is 0 Å². The number of carbonyl (C=O) groups is 1. The SMILES string of the molecule is CCc1cc(N2CCC(N3CCCC(C(=O)NCc4ccccn4)C3)CC2)nc(C)n1. The highest BCUT2D eigenvalue weighted by Crippen LogP contribution is 2.26. The van der Waals surface area contributed by atoms with Crippen LogP contribution in [0.15, 0.2) is 30.5 Å². The van der Waals surface area contributed by atoms with Gasteiger partial charge < -0.3 is 10.2 Å². The van der Waals surface area contributed by atoms with Gasteiger partial charge in [0.05, 0.1) is 18.2 Å². The van der Waals surface area contributed by atoms with Crippen molar-refractivity contribution in [1.82, 2.24) is 25.2 Å². The molecule has 1 amide bonds. The molecule has 2 aromatic rings. The van der Waals surface area contributed by atoms with Crippen LogP contribution in [-0.2, 0) is 17.8 Å². The van der Waals surface area contributed by atoms with E-state index in [9.17, 15) is 4.79 Å². The molecule has 0 radical (unpaired) electrons. The van der Waals surface area contributed by atoms with E-state index in [1.807, 2.05) is 25.1 Å². The Bertz CT molecular complexity index is 866. The van der Waals surface area contributed by atoms with Gasteiger partial charge in [0.25, 0.3) is 0 Å². The van der Waals surface area contributed by atoms with Crippen LogP contribution in [0.4, 0.5) is 5.82 Å². The molecular weight excluding hydrogens is 388 g/mol. The van der Waals surface area contributed by atoms with Crippen molar-refractivity contribution < 1.29 is 4.79 Å². The fourth-order valence-electron chi connectivity index (χ4n) is 4.79. The van der Waals surface area contributed by atoms with Crippen molar-refractivity contribution >= 4 is 11.7 Å². The first kappa shape index (κ1) is 21.7. The molecule has 4 heterocycles. The van der Waals surface area contributed by atoms with Crippen molar-refractivity contribution in [3.8, 4) is 0 Å². The number of pyridine rings is 1. The minimum absolute atomic E-state index is 0.0760. The van der Waals surface area contributed by atoms with Crippen LogP contribution >= 0.6 is 0 Å². The van der Waals surface area contributed by atoms with Crippen molar-refractivity contribution in [3.05, 3.63) is 47.7 Å². The molecule has 166 valence electrons. The smallest absolute Gasteiger partial charge is 0.224 e. The zero-order valence-electron chi connectivity index (χ0n) is 18.8. The highest BCUT2D eigenvalue weighted by Gasteiger charge is 2.32. The number of carbonyl (C=O) groups excluding carboxylic acids is 1. The minimum atomic E-state index is 0.0760. The zero-order valence-corrected chi connectivity index (χ0v) is 18.8. The molecule has 31 heavy (non-hydrogen) atoms. The number of nitrogens with zero attached hydrogens (tertiary/aromatic N) is 5. The fraction of sp³-hybridized carbons (Fsp3) is 0.583. The highest BCUT2D eigenvalue weighted by atomic mass is 16.1. The Hall–Kier alpha value is -2.54. The van der Waals surface area contributed by atoms with Gasteiger partial charge in [-0.05, 0) is 57.7 Å². The summed E-state index contributed by atoms with van der Waals surface area (Å²) in [5, 5.41) is 3.09. The van der Waals surface area contributed by atoms with E-state index in [1.54, 1.807) is 6.20 Å². The number of amides is 1. The number of anilines is 1. The molecule has 2 aliphatic heterocycles. The average molecular weight is 423 g/mol. The lowest BCUT2D eigenvalue weighted by Gasteiger charge is -2.42. The molecule has 0 aromatic carbocycles. The lowest BCUT2D eigenvalue weighted by molar-refractivity contribution is -0.127. The van der Waals surface area contributed by atoms with E-state index in [0.717, 1.165) is 81.3 Å². The second-order valence-electron chi connectivity index (χ2n) is 8.71. The molecule has 2 aromatic heterocycles. The summed E-state index contributed by atoms with van der Waals surface area (Å²) in [6.07, 6.45) is 7.00. The number of piperidine rings is 2. The normalized spacial score (nSPS) is 20.6. The molecule has 4 rings (SSSR count). The third-order valence-electron chi connectivity index (χ3n) is 6.54. The number of aromatic nitrogens is 3. The number of nitrogens with one attached hydrogen (secondary N) is 1. The third-order valence-corrected chi connectivity index (χ3v) is 6.54. The molecule has 1 N–H and O–H groups in total. The van der Waals surface area contributed by atoms with E-state index in [2.05, 4.69) is 43.1 Å². The predicted molar refractivity (Wildman–Crippen MR) is 122 cm³/mol.